The van der Waals surface area contributed by atoms with Crippen LogP contribution in [-0.4, -0.2) is 48.4 Å². The first-order valence-corrected chi connectivity index (χ1v) is 10.6. The van der Waals surface area contributed by atoms with Gasteiger partial charge in [-0.3, -0.25) is 9.78 Å². The number of anilines is 1. The first-order valence-electron chi connectivity index (χ1n) is 10.6. The number of H-pyrrole nitrogens is 1. The zero-order chi connectivity index (χ0) is 23.3. The van der Waals surface area contributed by atoms with Crippen LogP contribution >= 0.6 is 0 Å². The van der Waals surface area contributed by atoms with Gasteiger partial charge in [0.2, 0.25) is 0 Å². The van der Waals surface area contributed by atoms with Crippen LogP contribution in [0.2, 0.25) is 0 Å². The minimum atomic E-state index is -1.21. The van der Waals surface area contributed by atoms with Crippen LogP contribution in [0.15, 0.2) is 42.9 Å². The third kappa shape index (κ3) is 4.18. The van der Waals surface area contributed by atoms with E-state index in [-0.39, 0.29) is 18.5 Å². The van der Waals surface area contributed by atoms with Crippen LogP contribution in [0.3, 0.4) is 0 Å². The lowest BCUT2D eigenvalue weighted by atomic mass is 10.0. The molecule has 0 aliphatic carbocycles. The van der Waals surface area contributed by atoms with Crippen LogP contribution in [0, 0.1) is 11.6 Å². The number of nitrogens with one attached hydrogen (secondary N) is 1. The Kier molecular flexibility index (Phi) is 5.12. The smallest absolute Gasteiger partial charge is 0.160 e. The summed E-state index contributed by atoms with van der Waals surface area (Å²) in [6.45, 7) is 3.73. The highest BCUT2D eigenvalue weighted by Gasteiger charge is 2.37. The second kappa shape index (κ2) is 7.87. The van der Waals surface area contributed by atoms with Gasteiger partial charge in [0.25, 0.3) is 0 Å². The molecule has 0 saturated carbocycles. The molecule has 1 aromatic carbocycles. The molecular formula is C23H23F3N6O. The van der Waals surface area contributed by atoms with Gasteiger partial charge in [0.15, 0.2) is 11.5 Å². The highest BCUT2D eigenvalue weighted by molar-refractivity contribution is 5.91. The van der Waals surface area contributed by atoms with Crippen molar-refractivity contribution in [1.29, 1.82) is 0 Å². The standard InChI is InChI=1S/C23H23F3N6O/c1-23(2,33)12-31-10-14(9-28-31)13-5-18-21(27-8-13)29-30-22(18)32-11-16(25)7-20(32)17-6-15(24)3-4-19(17)26/h3-6,8-10,16,20,33H,7,11-12H2,1-2H3,(H,27,29,30)/t16-,20+/m0/s1. The molecule has 4 aromatic rings. The summed E-state index contributed by atoms with van der Waals surface area (Å²) in [5, 5.41) is 22.1. The number of benzene rings is 1. The molecule has 172 valence electrons. The number of aromatic nitrogens is 5. The molecule has 0 radical (unpaired) electrons. The van der Waals surface area contributed by atoms with Gasteiger partial charge in [-0.1, -0.05) is 0 Å². The average Bonchev–Trinajstić information content (AvgIpc) is 3.46. The SMILES string of the molecule is CC(C)(O)Cn1cc(-c2cnc3[nH]nc(N4C[C@@H](F)C[C@@H]4c4cc(F)ccc4F)c3c2)cn1. The third-order valence-corrected chi connectivity index (χ3v) is 5.75. The van der Waals surface area contributed by atoms with E-state index in [0.717, 1.165) is 29.3 Å². The summed E-state index contributed by atoms with van der Waals surface area (Å²) >= 11 is 0. The molecule has 1 saturated heterocycles. The fourth-order valence-corrected chi connectivity index (χ4v) is 4.35. The first kappa shape index (κ1) is 21.4. The van der Waals surface area contributed by atoms with E-state index in [9.17, 15) is 18.3 Å². The average molecular weight is 456 g/mol. The predicted molar refractivity (Wildman–Crippen MR) is 117 cm³/mol. The molecule has 10 heteroatoms. The molecule has 1 aliphatic rings. The third-order valence-electron chi connectivity index (χ3n) is 5.75. The van der Waals surface area contributed by atoms with Crippen molar-refractivity contribution in [3.8, 4) is 11.1 Å². The molecule has 2 N–H and O–H groups in total. The van der Waals surface area contributed by atoms with Crippen molar-refractivity contribution in [2.24, 2.45) is 0 Å². The zero-order valence-electron chi connectivity index (χ0n) is 18.1. The summed E-state index contributed by atoms with van der Waals surface area (Å²) in [6.07, 6.45) is 3.97. The van der Waals surface area contributed by atoms with Crippen LogP contribution in [0.1, 0.15) is 31.9 Å². The Bertz CT molecular complexity index is 1310. The first-order chi connectivity index (χ1) is 15.7. The molecule has 0 bridgehead atoms. The van der Waals surface area contributed by atoms with Crippen molar-refractivity contribution in [2.45, 2.75) is 44.6 Å². The minimum Gasteiger partial charge on any atom is -0.389 e. The number of rotatable bonds is 5. The molecule has 5 rings (SSSR count). The van der Waals surface area contributed by atoms with Crippen molar-refractivity contribution >= 4 is 16.9 Å². The number of hydrogen-bond donors (Lipinski definition) is 2. The van der Waals surface area contributed by atoms with Gasteiger partial charge in [0, 0.05) is 35.5 Å². The van der Waals surface area contributed by atoms with E-state index in [0.29, 0.717) is 23.4 Å². The fraction of sp³-hybridized carbons (Fsp3) is 0.348. The van der Waals surface area contributed by atoms with Crippen molar-refractivity contribution in [3.63, 3.8) is 0 Å². The lowest BCUT2D eigenvalue weighted by molar-refractivity contribution is 0.0577. The summed E-state index contributed by atoms with van der Waals surface area (Å²) in [6, 6.07) is 4.38. The number of halogens is 3. The molecule has 0 unspecified atom stereocenters. The lowest BCUT2D eigenvalue weighted by Crippen LogP contribution is -2.26. The largest absolute Gasteiger partial charge is 0.389 e. The number of aliphatic hydroxyl groups is 1. The minimum absolute atomic E-state index is 0.00825. The summed E-state index contributed by atoms with van der Waals surface area (Å²) in [5.74, 6) is -0.733. The van der Waals surface area contributed by atoms with Gasteiger partial charge >= 0.3 is 0 Å². The second-order valence-electron chi connectivity index (χ2n) is 9.07. The fourth-order valence-electron chi connectivity index (χ4n) is 4.35. The van der Waals surface area contributed by atoms with E-state index in [1.807, 2.05) is 6.07 Å². The Balaban J connectivity index is 1.53. The molecule has 4 heterocycles. The maximum absolute atomic E-state index is 14.5. The van der Waals surface area contributed by atoms with E-state index in [2.05, 4.69) is 20.3 Å². The van der Waals surface area contributed by atoms with E-state index in [1.54, 1.807) is 42.0 Å². The Morgan fingerprint density at radius 1 is 1.18 bits per heavy atom. The van der Waals surface area contributed by atoms with Crippen LogP contribution in [-0.2, 0) is 6.54 Å². The van der Waals surface area contributed by atoms with Gasteiger partial charge in [0.1, 0.15) is 17.8 Å². The van der Waals surface area contributed by atoms with Gasteiger partial charge in [-0.15, -0.1) is 0 Å². The van der Waals surface area contributed by atoms with Crippen LogP contribution in [0.5, 0.6) is 0 Å². The quantitative estimate of drug-likeness (QED) is 0.471. The second-order valence-corrected chi connectivity index (χ2v) is 9.07. The molecule has 1 aliphatic heterocycles. The van der Waals surface area contributed by atoms with Gasteiger partial charge < -0.3 is 10.0 Å². The van der Waals surface area contributed by atoms with E-state index >= 15 is 0 Å². The highest BCUT2D eigenvalue weighted by Crippen LogP contribution is 2.40. The number of nitrogens with zero attached hydrogens (tertiary/aromatic N) is 5. The highest BCUT2D eigenvalue weighted by atomic mass is 19.1. The van der Waals surface area contributed by atoms with Crippen LogP contribution in [0.25, 0.3) is 22.2 Å². The van der Waals surface area contributed by atoms with Gasteiger partial charge in [0.05, 0.1) is 36.3 Å². The molecule has 2 atom stereocenters. The Hall–Kier alpha value is -3.40. The lowest BCUT2D eigenvalue weighted by Gasteiger charge is -2.25. The number of alkyl halides is 1. The van der Waals surface area contributed by atoms with Crippen molar-refractivity contribution < 1.29 is 18.3 Å². The molecular weight excluding hydrogens is 433 g/mol. The Labute approximate surface area is 187 Å². The maximum atomic E-state index is 14.5. The molecule has 3 aromatic heterocycles. The van der Waals surface area contributed by atoms with Gasteiger partial charge in [-0.2, -0.15) is 10.2 Å². The van der Waals surface area contributed by atoms with Crippen LogP contribution < -0.4 is 4.90 Å². The van der Waals surface area contributed by atoms with Gasteiger partial charge in [-0.25, -0.2) is 18.2 Å². The van der Waals surface area contributed by atoms with Crippen LogP contribution in [0.4, 0.5) is 19.0 Å². The number of aromatic amines is 1. The molecule has 1 fully saturated rings. The van der Waals surface area contributed by atoms with Crippen molar-refractivity contribution in [1.82, 2.24) is 25.0 Å². The summed E-state index contributed by atoms with van der Waals surface area (Å²) in [7, 11) is 0. The van der Waals surface area contributed by atoms with E-state index < -0.39 is 29.4 Å². The molecule has 7 nitrogen and oxygen atoms in total. The number of hydrogen-bond acceptors (Lipinski definition) is 5. The number of pyridine rings is 1. The Morgan fingerprint density at radius 2 is 2.00 bits per heavy atom. The van der Waals surface area contributed by atoms with Gasteiger partial charge in [-0.05, 0) is 38.1 Å². The Morgan fingerprint density at radius 3 is 2.79 bits per heavy atom. The predicted octanol–water partition coefficient (Wildman–Crippen LogP) is 4.16. The molecule has 0 spiro atoms. The van der Waals surface area contributed by atoms with Crippen molar-refractivity contribution in [3.05, 3.63) is 60.1 Å². The summed E-state index contributed by atoms with van der Waals surface area (Å²) in [5.41, 5.74) is 1.24. The summed E-state index contributed by atoms with van der Waals surface area (Å²) in [4.78, 5) is 6.08. The normalized spacial score (nSPS) is 19.0. The number of fused-ring (bicyclic) bond motifs is 1. The molecule has 33 heavy (non-hydrogen) atoms. The van der Waals surface area contributed by atoms with Crippen molar-refractivity contribution in [2.75, 3.05) is 11.4 Å². The monoisotopic (exact) mass is 456 g/mol. The summed E-state index contributed by atoms with van der Waals surface area (Å²) < 4.78 is 44.4. The zero-order valence-corrected chi connectivity index (χ0v) is 18.1. The topological polar surface area (TPSA) is 82.9 Å². The van der Waals surface area contributed by atoms with E-state index in [1.165, 1.54) is 0 Å². The maximum Gasteiger partial charge on any atom is 0.160 e. The molecule has 0 amide bonds. The van der Waals surface area contributed by atoms with E-state index in [4.69, 9.17) is 0 Å².